The lowest BCUT2D eigenvalue weighted by Crippen LogP contribution is -2.46. The van der Waals surface area contributed by atoms with Crippen molar-refractivity contribution in [2.75, 3.05) is 31.1 Å². The molecule has 1 aliphatic heterocycles. The maximum Gasteiger partial charge on any atom is 0.305 e. The van der Waals surface area contributed by atoms with Crippen molar-refractivity contribution < 1.29 is 4.92 Å². The molecule has 8 nitrogen and oxygen atoms in total. The summed E-state index contributed by atoms with van der Waals surface area (Å²) in [6.45, 7) is 4.13. The van der Waals surface area contributed by atoms with Gasteiger partial charge in [-0.15, -0.1) is 0 Å². The van der Waals surface area contributed by atoms with Gasteiger partial charge in [-0.05, 0) is 23.8 Å². The number of nitriles is 1. The molecule has 1 aliphatic rings. The molecule has 8 heteroatoms. The molecule has 1 fully saturated rings. The van der Waals surface area contributed by atoms with E-state index in [9.17, 15) is 10.1 Å². The Kier molecular flexibility index (Phi) is 4.63. The molecule has 0 atom stereocenters. The minimum absolute atomic E-state index is 0.142. The highest BCUT2D eigenvalue weighted by Gasteiger charge is 2.21. The Morgan fingerprint density at radius 1 is 1.17 bits per heavy atom. The van der Waals surface area contributed by atoms with E-state index in [1.807, 2.05) is 17.0 Å². The fourth-order valence-electron chi connectivity index (χ4n) is 2.73. The minimum Gasteiger partial charge on any atom is -0.354 e. The van der Waals surface area contributed by atoms with Crippen molar-refractivity contribution in [3.63, 3.8) is 0 Å². The van der Waals surface area contributed by atoms with Crippen LogP contribution in [0.4, 0.5) is 11.5 Å². The van der Waals surface area contributed by atoms with E-state index < -0.39 is 4.92 Å². The van der Waals surface area contributed by atoms with Crippen molar-refractivity contribution in [3.05, 3.63) is 58.0 Å². The first-order valence-electron chi connectivity index (χ1n) is 7.59. The van der Waals surface area contributed by atoms with Gasteiger partial charge in [0.05, 0.1) is 4.92 Å². The molecule has 3 heterocycles. The number of piperazine rings is 1. The highest BCUT2D eigenvalue weighted by Crippen LogP contribution is 2.21. The first-order chi connectivity index (χ1) is 11.7. The minimum atomic E-state index is -0.581. The summed E-state index contributed by atoms with van der Waals surface area (Å²) in [5.74, 6) is 0.612. The first-order valence-corrected chi connectivity index (χ1v) is 7.59. The third-order valence-electron chi connectivity index (χ3n) is 4.01. The van der Waals surface area contributed by atoms with Crippen LogP contribution in [0.5, 0.6) is 0 Å². The number of aromatic nitrogens is 2. The zero-order chi connectivity index (χ0) is 16.9. The summed E-state index contributed by atoms with van der Waals surface area (Å²) in [5, 5.41) is 19.9. The van der Waals surface area contributed by atoms with Gasteiger partial charge in [-0.2, -0.15) is 5.26 Å². The van der Waals surface area contributed by atoms with E-state index >= 15 is 0 Å². The Balaban J connectivity index is 1.64. The SMILES string of the molecule is N#Cc1nc(N2CCN(Cc3ccncc3)CC2)ccc1[N+](=O)[O-]. The zero-order valence-electron chi connectivity index (χ0n) is 13.0. The van der Waals surface area contributed by atoms with Crippen LogP contribution >= 0.6 is 0 Å². The second-order valence-electron chi connectivity index (χ2n) is 5.52. The quantitative estimate of drug-likeness (QED) is 0.622. The van der Waals surface area contributed by atoms with Crippen LogP contribution in [-0.2, 0) is 6.54 Å². The van der Waals surface area contributed by atoms with Crippen molar-refractivity contribution in [1.82, 2.24) is 14.9 Å². The summed E-state index contributed by atoms with van der Waals surface area (Å²) in [7, 11) is 0. The summed E-state index contributed by atoms with van der Waals surface area (Å²) in [5.41, 5.74) is 0.827. The van der Waals surface area contributed by atoms with Crippen molar-refractivity contribution in [2.24, 2.45) is 0 Å². The molecule has 0 saturated carbocycles. The van der Waals surface area contributed by atoms with Gasteiger partial charge in [-0.25, -0.2) is 4.98 Å². The molecular formula is C16H16N6O2. The normalized spacial score (nSPS) is 15.0. The molecule has 122 valence electrons. The summed E-state index contributed by atoms with van der Waals surface area (Å²) in [6.07, 6.45) is 3.57. The molecule has 0 amide bonds. The van der Waals surface area contributed by atoms with Crippen molar-refractivity contribution in [3.8, 4) is 6.07 Å². The Morgan fingerprint density at radius 3 is 2.50 bits per heavy atom. The van der Waals surface area contributed by atoms with Crippen LogP contribution in [0.3, 0.4) is 0 Å². The highest BCUT2D eigenvalue weighted by molar-refractivity contribution is 5.51. The Labute approximate surface area is 139 Å². The van der Waals surface area contributed by atoms with Crippen molar-refractivity contribution in [1.29, 1.82) is 5.26 Å². The molecule has 2 aromatic rings. The average molecular weight is 324 g/mol. The molecule has 0 aliphatic carbocycles. The number of anilines is 1. The fourth-order valence-corrected chi connectivity index (χ4v) is 2.73. The molecule has 0 bridgehead atoms. The number of nitro groups is 1. The van der Waals surface area contributed by atoms with Gasteiger partial charge in [0.2, 0.25) is 5.69 Å². The Morgan fingerprint density at radius 2 is 1.88 bits per heavy atom. The van der Waals surface area contributed by atoms with Crippen LogP contribution in [0.25, 0.3) is 0 Å². The lowest BCUT2D eigenvalue weighted by Gasteiger charge is -2.35. The predicted octanol–water partition coefficient (Wildman–Crippen LogP) is 1.58. The van der Waals surface area contributed by atoms with Crippen LogP contribution in [0.2, 0.25) is 0 Å². The van der Waals surface area contributed by atoms with Gasteiger partial charge < -0.3 is 4.90 Å². The lowest BCUT2D eigenvalue weighted by molar-refractivity contribution is -0.385. The average Bonchev–Trinajstić information content (AvgIpc) is 2.62. The molecule has 0 spiro atoms. The van der Waals surface area contributed by atoms with E-state index in [4.69, 9.17) is 5.26 Å². The summed E-state index contributed by atoms with van der Waals surface area (Å²) in [6, 6.07) is 8.77. The maximum atomic E-state index is 10.9. The maximum absolute atomic E-state index is 10.9. The fraction of sp³-hybridized carbons (Fsp3) is 0.312. The first kappa shape index (κ1) is 15.8. The number of pyridine rings is 2. The number of hydrogen-bond donors (Lipinski definition) is 0. The number of rotatable bonds is 4. The van der Waals surface area contributed by atoms with Crippen molar-refractivity contribution >= 4 is 11.5 Å². The second kappa shape index (κ2) is 7.02. The Hall–Kier alpha value is -3.05. The van der Waals surface area contributed by atoms with E-state index in [-0.39, 0.29) is 11.4 Å². The zero-order valence-corrected chi connectivity index (χ0v) is 13.0. The standard InChI is InChI=1S/C16H16N6O2/c17-11-14-15(22(23)24)1-2-16(19-14)21-9-7-20(8-10-21)12-13-3-5-18-6-4-13/h1-6H,7-10,12H2. The van der Waals surface area contributed by atoms with E-state index in [1.165, 1.54) is 11.6 Å². The van der Waals surface area contributed by atoms with E-state index in [0.29, 0.717) is 5.82 Å². The van der Waals surface area contributed by atoms with Crippen LogP contribution in [0.1, 0.15) is 11.3 Å². The van der Waals surface area contributed by atoms with E-state index in [0.717, 1.165) is 32.7 Å². The summed E-state index contributed by atoms with van der Waals surface area (Å²) >= 11 is 0. The van der Waals surface area contributed by atoms with Gasteiger partial charge in [0.1, 0.15) is 11.9 Å². The third-order valence-corrected chi connectivity index (χ3v) is 4.01. The summed E-state index contributed by atoms with van der Waals surface area (Å²) < 4.78 is 0. The van der Waals surface area contributed by atoms with Gasteiger partial charge in [-0.3, -0.25) is 20.0 Å². The molecule has 2 aromatic heterocycles. The molecule has 24 heavy (non-hydrogen) atoms. The predicted molar refractivity (Wildman–Crippen MR) is 87.3 cm³/mol. The summed E-state index contributed by atoms with van der Waals surface area (Å²) in [4.78, 5) is 22.8. The number of nitrogens with zero attached hydrogens (tertiary/aromatic N) is 6. The second-order valence-corrected chi connectivity index (χ2v) is 5.52. The molecular weight excluding hydrogens is 308 g/mol. The molecule has 1 saturated heterocycles. The lowest BCUT2D eigenvalue weighted by atomic mass is 10.2. The van der Waals surface area contributed by atoms with Crippen LogP contribution in [0.15, 0.2) is 36.7 Å². The molecule has 0 aromatic carbocycles. The molecule has 0 radical (unpaired) electrons. The van der Waals surface area contributed by atoms with Crippen molar-refractivity contribution in [2.45, 2.75) is 6.54 Å². The Bertz CT molecular complexity index is 766. The van der Waals surface area contributed by atoms with Gasteiger partial charge in [0.25, 0.3) is 0 Å². The topological polar surface area (TPSA) is 99.2 Å². The van der Waals surface area contributed by atoms with Gasteiger partial charge in [-0.1, -0.05) is 0 Å². The smallest absolute Gasteiger partial charge is 0.305 e. The van der Waals surface area contributed by atoms with Gasteiger partial charge >= 0.3 is 5.69 Å². The van der Waals surface area contributed by atoms with Gasteiger partial charge in [0.15, 0.2) is 0 Å². The number of hydrogen-bond acceptors (Lipinski definition) is 7. The van der Waals surface area contributed by atoms with Crippen LogP contribution in [0, 0.1) is 21.4 Å². The van der Waals surface area contributed by atoms with Crippen LogP contribution in [-0.4, -0.2) is 46.0 Å². The highest BCUT2D eigenvalue weighted by atomic mass is 16.6. The largest absolute Gasteiger partial charge is 0.354 e. The van der Waals surface area contributed by atoms with E-state index in [2.05, 4.69) is 14.9 Å². The monoisotopic (exact) mass is 324 g/mol. The molecule has 0 N–H and O–H groups in total. The van der Waals surface area contributed by atoms with Crippen LogP contribution < -0.4 is 4.90 Å². The van der Waals surface area contributed by atoms with E-state index in [1.54, 1.807) is 24.5 Å². The molecule has 3 rings (SSSR count). The third kappa shape index (κ3) is 3.47. The van der Waals surface area contributed by atoms with Gasteiger partial charge in [0, 0.05) is 51.2 Å². The molecule has 0 unspecified atom stereocenters.